The lowest BCUT2D eigenvalue weighted by Gasteiger charge is -2.51. The first-order valence-corrected chi connectivity index (χ1v) is 8.35. The average molecular weight is 332 g/mol. The Morgan fingerprint density at radius 1 is 1.04 bits per heavy atom. The molecule has 4 atom stereocenters. The van der Waals surface area contributed by atoms with E-state index in [0.29, 0.717) is 18.4 Å². The van der Waals surface area contributed by atoms with Crippen LogP contribution < -0.4 is 0 Å². The fraction of sp³-hybridized carbons (Fsp3) is 0.474. The van der Waals surface area contributed by atoms with Gasteiger partial charge in [0.2, 0.25) is 17.1 Å². The molecule has 0 spiro atoms. The van der Waals surface area contributed by atoms with Crippen LogP contribution in [0.2, 0.25) is 0 Å². The maximum atomic E-state index is 10.1. The Labute approximate surface area is 145 Å². The molecule has 0 aromatic heterocycles. The van der Waals surface area contributed by atoms with E-state index in [9.17, 15) is 15.8 Å². The fourth-order valence-corrected chi connectivity index (χ4v) is 4.79. The molecule has 3 fully saturated rings. The van der Waals surface area contributed by atoms with Gasteiger partial charge in [0.1, 0.15) is 6.10 Å². The fourth-order valence-electron chi connectivity index (χ4n) is 4.79. The zero-order valence-corrected chi connectivity index (χ0v) is 13.5. The smallest absolute Gasteiger partial charge is 0.217 e. The highest BCUT2D eigenvalue weighted by Gasteiger charge is 2.80. The van der Waals surface area contributed by atoms with E-state index in [2.05, 4.69) is 18.2 Å². The second kappa shape index (κ2) is 5.06. The number of nitrogens with one attached hydrogen (secondary N) is 1. The number of benzene rings is 1. The lowest BCUT2D eigenvalue weighted by molar-refractivity contribution is -0.294. The Morgan fingerprint density at radius 3 is 2.40 bits per heavy atom. The van der Waals surface area contributed by atoms with Gasteiger partial charge in [-0.25, -0.2) is 0 Å². The lowest BCUT2D eigenvalue weighted by Crippen LogP contribution is -2.60. The van der Waals surface area contributed by atoms with Crippen molar-refractivity contribution in [1.29, 1.82) is 21.2 Å². The molecule has 25 heavy (non-hydrogen) atoms. The van der Waals surface area contributed by atoms with Crippen LogP contribution in [-0.2, 0) is 9.47 Å². The number of nitrogens with zero attached hydrogens (tertiary/aromatic N) is 3. The van der Waals surface area contributed by atoms with Gasteiger partial charge in [0, 0.05) is 6.42 Å². The third kappa shape index (κ3) is 1.62. The molecule has 2 saturated heterocycles. The van der Waals surface area contributed by atoms with Crippen molar-refractivity contribution < 1.29 is 9.47 Å². The predicted octanol–water partition coefficient (Wildman–Crippen LogP) is 3.20. The van der Waals surface area contributed by atoms with Crippen LogP contribution in [0, 0.1) is 56.2 Å². The minimum absolute atomic E-state index is 0.302. The van der Waals surface area contributed by atoms with Crippen LogP contribution in [0.5, 0.6) is 0 Å². The largest absolute Gasteiger partial charge is 0.447 e. The highest BCUT2D eigenvalue weighted by Crippen LogP contribution is 2.69. The molecule has 4 rings (SSSR count). The maximum absolute atomic E-state index is 10.1. The van der Waals surface area contributed by atoms with Gasteiger partial charge in [0.15, 0.2) is 5.41 Å². The Bertz CT molecular complexity index is 848. The van der Waals surface area contributed by atoms with Crippen molar-refractivity contribution in [2.75, 3.05) is 0 Å². The Hall–Kier alpha value is -2.88. The zero-order chi connectivity index (χ0) is 17.7. The first-order chi connectivity index (χ1) is 12.1. The monoisotopic (exact) mass is 332 g/mol. The highest BCUT2D eigenvalue weighted by atomic mass is 16.7. The summed E-state index contributed by atoms with van der Waals surface area (Å²) in [5.41, 5.74) is -2.80. The molecule has 0 amide bonds. The SMILES string of the molecule is N#CC1(C#N)[C@H](c2ccccc2)O[C@@]23CCCC[C@H]2[C@@]1(C#N)C(=N)O3. The summed E-state index contributed by atoms with van der Waals surface area (Å²) in [4.78, 5) is 0. The summed E-state index contributed by atoms with van der Waals surface area (Å²) in [6.45, 7) is 0. The van der Waals surface area contributed by atoms with E-state index in [1.807, 2.05) is 6.07 Å². The summed E-state index contributed by atoms with van der Waals surface area (Å²) in [5, 5.41) is 38.6. The van der Waals surface area contributed by atoms with Crippen molar-refractivity contribution in [3.05, 3.63) is 35.9 Å². The van der Waals surface area contributed by atoms with E-state index in [0.717, 1.165) is 12.8 Å². The predicted molar refractivity (Wildman–Crippen MR) is 85.5 cm³/mol. The number of ether oxygens (including phenoxy) is 2. The summed E-state index contributed by atoms with van der Waals surface area (Å²) >= 11 is 0. The van der Waals surface area contributed by atoms with Crippen LogP contribution in [0.4, 0.5) is 0 Å². The molecule has 3 aliphatic rings. The van der Waals surface area contributed by atoms with E-state index < -0.39 is 28.6 Å². The van der Waals surface area contributed by atoms with Crippen LogP contribution in [0.1, 0.15) is 37.4 Å². The molecule has 2 aliphatic heterocycles. The summed E-state index contributed by atoms with van der Waals surface area (Å²) in [5.74, 6) is -1.88. The lowest BCUT2D eigenvalue weighted by atomic mass is 9.51. The van der Waals surface area contributed by atoms with Gasteiger partial charge in [-0.1, -0.05) is 36.8 Å². The Morgan fingerprint density at radius 2 is 1.76 bits per heavy atom. The molecule has 6 nitrogen and oxygen atoms in total. The van der Waals surface area contributed by atoms with Crippen molar-refractivity contribution in [2.45, 2.75) is 37.6 Å². The first-order valence-electron chi connectivity index (χ1n) is 8.35. The number of rotatable bonds is 1. The van der Waals surface area contributed by atoms with Gasteiger partial charge in [0.05, 0.1) is 24.1 Å². The third-order valence-electron chi connectivity index (χ3n) is 5.92. The summed E-state index contributed by atoms with van der Waals surface area (Å²) in [7, 11) is 0. The van der Waals surface area contributed by atoms with Crippen LogP contribution >= 0.6 is 0 Å². The summed E-state index contributed by atoms with van der Waals surface area (Å²) in [6, 6.07) is 15.3. The van der Waals surface area contributed by atoms with Gasteiger partial charge < -0.3 is 9.47 Å². The molecule has 6 heteroatoms. The van der Waals surface area contributed by atoms with E-state index in [4.69, 9.17) is 14.9 Å². The topological polar surface area (TPSA) is 114 Å². The standard InChI is InChI=1S/C19H16N4O2/c20-10-17(11-21)15(13-6-2-1-3-7-13)24-19-9-5-4-8-14(19)18(17,12-22)16(23)25-19/h1-3,6-7,14-15,23H,4-5,8-9H2/t14-,15-,18-,19+/m0/s1. The van der Waals surface area contributed by atoms with Crippen LogP contribution in [0.25, 0.3) is 0 Å². The van der Waals surface area contributed by atoms with Gasteiger partial charge in [-0.2, -0.15) is 15.8 Å². The molecule has 2 heterocycles. The number of nitriles is 3. The van der Waals surface area contributed by atoms with Crippen molar-refractivity contribution in [3.8, 4) is 18.2 Å². The van der Waals surface area contributed by atoms with E-state index >= 15 is 0 Å². The molecule has 0 radical (unpaired) electrons. The van der Waals surface area contributed by atoms with Gasteiger partial charge in [-0.15, -0.1) is 0 Å². The number of hydrogen-bond acceptors (Lipinski definition) is 6. The van der Waals surface area contributed by atoms with Gasteiger partial charge in [0.25, 0.3) is 0 Å². The first kappa shape index (κ1) is 15.6. The highest BCUT2D eigenvalue weighted by molar-refractivity contribution is 5.89. The third-order valence-corrected chi connectivity index (χ3v) is 5.92. The second-order valence-corrected chi connectivity index (χ2v) is 6.90. The molecule has 1 N–H and O–H groups in total. The molecule has 1 aromatic rings. The number of hydrogen-bond donors (Lipinski definition) is 1. The Balaban J connectivity index is 2.01. The summed E-state index contributed by atoms with van der Waals surface area (Å²) in [6.07, 6.45) is 1.93. The van der Waals surface area contributed by atoms with Crippen molar-refractivity contribution in [3.63, 3.8) is 0 Å². The van der Waals surface area contributed by atoms with Crippen LogP contribution in [0.15, 0.2) is 30.3 Å². The normalized spacial score (nSPS) is 37.7. The van der Waals surface area contributed by atoms with Crippen LogP contribution in [-0.4, -0.2) is 11.7 Å². The second-order valence-electron chi connectivity index (χ2n) is 6.90. The molecule has 1 aromatic carbocycles. The van der Waals surface area contributed by atoms with Crippen molar-refractivity contribution in [1.82, 2.24) is 0 Å². The summed E-state index contributed by atoms with van der Waals surface area (Å²) < 4.78 is 12.1. The quantitative estimate of drug-likeness (QED) is 0.848. The minimum Gasteiger partial charge on any atom is -0.447 e. The molecule has 1 saturated carbocycles. The van der Waals surface area contributed by atoms with E-state index in [1.54, 1.807) is 24.3 Å². The molecule has 2 bridgehead atoms. The maximum Gasteiger partial charge on any atom is 0.217 e. The minimum atomic E-state index is -1.83. The van der Waals surface area contributed by atoms with Gasteiger partial charge in [-0.05, 0) is 18.4 Å². The zero-order valence-electron chi connectivity index (χ0n) is 13.5. The molecule has 0 unspecified atom stereocenters. The molecular weight excluding hydrogens is 316 g/mol. The Kier molecular flexibility index (Phi) is 3.16. The molecule has 124 valence electrons. The van der Waals surface area contributed by atoms with E-state index in [1.165, 1.54) is 0 Å². The van der Waals surface area contributed by atoms with E-state index in [-0.39, 0.29) is 5.90 Å². The van der Waals surface area contributed by atoms with Crippen molar-refractivity contribution >= 4 is 5.90 Å². The van der Waals surface area contributed by atoms with Gasteiger partial charge >= 0.3 is 0 Å². The molecule has 1 aliphatic carbocycles. The van der Waals surface area contributed by atoms with Crippen molar-refractivity contribution in [2.24, 2.45) is 16.7 Å². The molecular formula is C19H16N4O2. The van der Waals surface area contributed by atoms with Crippen LogP contribution in [0.3, 0.4) is 0 Å². The van der Waals surface area contributed by atoms with Gasteiger partial charge in [-0.3, -0.25) is 5.41 Å². The average Bonchev–Trinajstić information content (AvgIpc) is 2.87.